The molecule has 0 heterocycles. The maximum Gasteiger partial charge on any atom is 0.237 e. The van der Waals surface area contributed by atoms with Gasteiger partial charge in [-0.05, 0) is 38.3 Å². The number of primary amides is 1. The number of hydrogen-bond acceptors (Lipinski definition) is 3. The molecule has 1 amide bonds. The van der Waals surface area contributed by atoms with Gasteiger partial charge < -0.3 is 16.2 Å². The van der Waals surface area contributed by atoms with Gasteiger partial charge in [-0.25, -0.2) is 0 Å². The minimum absolute atomic E-state index is 0.0287. The molecule has 1 aliphatic rings. The lowest BCUT2D eigenvalue weighted by molar-refractivity contribution is -0.125. The van der Waals surface area contributed by atoms with E-state index in [2.05, 4.69) is 0 Å². The molecule has 0 aliphatic heterocycles. The summed E-state index contributed by atoms with van der Waals surface area (Å²) in [5.41, 5.74) is 11.7. The van der Waals surface area contributed by atoms with E-state index in [9.17, 15) is 4.79 Å². The lowest BCUT2D eigenvalue weighted by Crippen LogP contribution is -2.56. The van der Waals surface area contributed by atoms with Gasteiger partial charge in [-0.1, -0.05) is 17.7 Å². The number of rotatable bonds is 3. The molecule has 4 N–H and O–H groups in total. The van der Waals surface area contributed by atoms with E-state index in [0.29, 0.717) is 12.8 Å². The van der Waals surface area contributed by atoms with Gasteiger partial charge in [0.1, 0.15) is 11.9 Å². The van der Waals surface area contributed by atoms with Gasteiger partial charge in [0.15, 0.2) is 0 Å². The lowest BCUT2D eigenvalue weighted by Gasteiger charge is -2.35. The highest BCUT2D eigenvalue weighted by atomic mass is 16.5. The Morgan fingerprint density at radius 1 is 1.39 bits per heavy atom. The van der Waals surface area contributed by atoms with Crippen molar-refractivity contribution in [2.24, 2.45) is 11.5 Å². The molecule has 98 valence electrons. The third-order valence-corrected chi connectivity index (χ3v) is 3.56. The van der Waals surface area contributed by atoms with Crippen molar-refractivity contribution in [2.75, 3.05) is 0 Å². The quantitative estimate of drug-likeness (QED) is 0.850. The van der Waals surface area contributed by atoms with Crippen LogP contribution in [0.15, 0.2) is 24.3 Å². The molecule has 0 aromatic heterocycles. The van der Waals surface area contributed by atoms with E-state index < -0.39 is 11.4 Å². The van der Waals surface area contributed by atoms with E-state index in [0.717, 1.165) is 18.6 Å². The summed E-state index contributed by atoms with van der Waals surface area (Å²) in [7, 11) is 0. The van der Waals surface area contributed by atoms with Crippen LogP contribution in [0.1, 0.15) is 31.2 Å². The zero-order valence-corrected chi connectivity index (χ0v) is 10.7. The number of carbonyl (C=O) groups is 1. The van der Waals surface area contributed by atoms with Gasteiger partial charge in [0.25, 0.3) is 0 Å². The molecular weight excluding hydrogens is 228 g/mol. The molecule has 0 saturated heterocycles. The standard InChI is InChI=1S/C14H20N2O2/c1-10-4-6-11(7-5-10)18-12-3-2-8-14(16,9-12)13(15)17/h4-7,12H,2-3,8-9,16H2,1H3,(H2,15,17). The molecule has 4 heteroatoms. The third kappa shape index (κ3) is 2.82. The first-order valence-electron chi connectivity index (χ1n) is 6.32. The van der Waals surface area contributed by atoms with Gasteiger partial charge in [-0.15, -0.1) is 0 Å². The van der Waals surface area contributed by atoms with Crippen LogP contribution < -0.4 is 16.2 Å². The van der Waals surface area contributed by atoms with Crippen LogP contribution in [0.2, 0.25) is 0 Å². The molecule has 0 radical (unpaired) electrons. The summed E-state index contributed by atoms with van der Waals surface area (Å²) in [4.78, 5) is 11.4. The van der Waals surface area contributed by atoms with Crippen LogP contribution in [0.3, 0.4) is 0 Å². The van der Waals surface area contributed by atoms with Crippen LogP contribution in [-0.2, 0) is 4.79 Å². The first-order chi connectivity index (χ1) is 8.49. The van der Waals surface area contributed by atoms with Crippen molar-refractivity contribution in [3.05, 3.63) is 29.8 Å². The highest BCUT2D eigenvalue weighted by Crippen LogP contribution is 2.29. The van der Waals surface area contributed by atoms with Crippen molar-refractivity contribution in [3.8, 4) is 5.75 Å². The topological polar surface area (TPSA) is 78.3 Å². The summed E-state index contributed by atoms with van der Waals surface area (Å²) < 4.78 is 5.87. The van der Waals surface area contributed by atoms with E-state index in [1.165, 1.54) is 5.56 Å². The van der Waals surface area contributed by atoms with Crippen LogP contribution in [-0.4, -0.2) is 17.6 Å². The van der Waals surface area contributed by atoms with Gasteiger partial charge in [0, 0.05) is 6.42 Å². The van der Waals surface area contributed by atoms with Crippen molar-refractivity contribution >= 4 is 5.91 Å². The number of ether oxygens (including phenoxy) is 1. The molecule has 1 aromatic rings. The van der Waals surface area contributed by atoms with Crippen LogP contribution in [0, 0.1) is 6.92 Å². The average molecular weight is 248 g/mol. The Hall–Kier alpha value is -1.55. The molecule has 2 atom stereocenters. The molecule has 1 fully saturated rings. The minimum Gasteiger partial charge on any atom is -0.490 e. The van der Waals surface area contributed by atoms with Gasteiger partial charge in [0.05, 0.1) is 5.54 Å². The number of hydrogen-bond donors (Lipinski definition) is 2. The maximum absolute atomic E-state index is 11.4. The van der Waals surface area contributed by atoms with E-state index in [1.807, 2.05) is 31.2 Å². The molecule has 2 rings (SSSR count). The first-order valence-corrected chi connectivity index (χ1v) is 6.32. The number of benzene rings is 1. The number of carbonyl (C=O) groups excluding carboxylic acids is 1. The second-order valence-corrected chi connectivity index (χ2v) is 5.17. The summed E-state index contributed by atoms with van der Waals surface area (Å²) in [5, 5.41) is 0. The molecule has 0 bridgehead atoms. The summed E-state index contributed by atoms with van der Waals surface area (Å²) in [6.07, 6.45) is 2.90. The van der Waals surface area contributed by atoms with Crippen molar-refractivity contribution in [1.29, 1.82) is 0 Å². The van der Waals surface area contributed by atoms with Crippen LogP contribution in [0.4, 0.5) is 0 Å². The van der Waals surface area contributed by atoms with E-state index in [-0.39, 0.29) is 6.10 Å². The van der Waals surface area contributed by atoms with Gasteiger partial charge in [0.2, 0.25) is 5.91 Å². The summed E-state index contributed by atoms with van der Waals surface area (Å²) in [5.74, 6) is 0.388. The largest absolute Gasteiger partial charge is 0.490 e. The lowest BCUT2D eigenvalue weighted by atomic mass is 9.80. The van der Waals surface area contributed by atoms with E-state index in [1.54, 1.807) is 0 Å². The molecule has 1 aliphatic carbocycles. The van der Waals surface area contributed by atoms with Gasteiger partial charge in [-0.3, -0.25) is 4.79 Å². The SMILES string of the molecule is Cc1ccc(OC2CCCC(N)(C(N)=O)C2)cc1. The number of nitrogens with two attached hydrogens (primary N) is 2. The van der Waals surface area contributed by atoms with Crippen LogP contribution >= 0.6 is 0 Å². The fourth-order valence-electron chi connectivity index (χ4n) is 2.39. The van der Waals surface area contributed by atoms with Crippen LogP contribution in [0.25, 0.3) is 0 Å². The molecule has 1 saturated carbocycles. The van der Waals surface area contributed by atoms with Crippen molar-refractivity contribution in [1.82, 2.24) is 0 Å². The summed E-state index contributed by atoms with van der Waals surface area (Å²) in [6, 6.07) is 7.88. The molecular formula is C14H20N2O2. The zero-order chi connectivity index (χ0) is 13.2. The fraction of sp³-hybridized carbons (Fsp3) is 0.500. The zero-order valence-electron chi connectivity index (χ0n) is 10.7. The Morgan fingerprint density at radius 3 is 2.67 bits per heavy atom. The van der Waals surface area contributed by atoms with Crippen molar-refractivity contribution < 1.29 is 9.53 Å². The van der Waals surface area contributed by atoms with Crippen LogP contribution in [0.5, 0.6) is 5.75 Å². The second kappa shape index (κ2) is 4.98. The predicted octanol–water partition coefficient (Wildman–Crippen LogP) is 1.50. The average Bonchev–Trinajstić information content (AvgIpc) is 2.32. The molecule has 4 nitrogen and oxygen atoms in total. The summed E-state index contributed by atoms with van der Waals surface area (Å²) in [6.45, 7) is 2.03. The monoisotopic (exact) mass is 248 g/mol. The van der Waals surface area contributed by atoms with Gasteiger partial charge >= 0.3 is 0 Å². The highest BCUT2D eigenvalue weighted by Gasteiger charge is 2.38. The van der Waals surface area contributed by atoms with E-state index >= 15 is 0 Å². The summed E-state index contributed by atoms with van der Waals surface area (Å²) >= 11 is 0. The first kappa shape index (κ1) is 12.9. The smallest absolute Gasteiger partial charge is 0.237 e. The Kier molecular flexibility index (Phi) is 3.57. The van der Waals surface area contributed by atoms with Crippen molar-refractivity contribution in [2.45, 2.75) is 44.2 Å². The Morgan fingerprint density at radius 2 is 2.06 bits per heavy atom. The normalized spacial score (nSPS) is 27.8. The number of aryl methyl sites for hydroxylation is 1. The molecule has 2 unspecified atom stereocenters. The van der Waals surface area contributed by atoms with Crippen molar-refractivity contribution in [3.63, 3.8) is 0 Å². The van der Waals surface area contributed by atoms with E-state index in [4.69, 9.17) is 16.2 Å². The third-order valence-electron chi connectivity index (χ3n) is 3.56. The maximum atomic E-state index is 11.4. The van der Waals surface area contributed by atoms with Gasteiger partial charge in [-0.2, -0.15) is 0 Å². The molecule has 0 spiro atoms. The minimum atomic E-state index is -0.909. The fourth-order valence-corrected chi connectivity index (χ4v) is 2.39. The molecule has 18 heavy (non-hydrogen) atoms. The second-order valence-electron chi connectivity index (χ2n) is 5.17. The number of amides is 1. The Bertz CT molecular complexity index is 430. The molecule has 1 aromatic carbocycles. The Balaban J connectivity index is 2.02. The highest BCUT2D eigenvalue weighted by molar-refractivity contribution is 5.84. The Labute approximate surface area is 107 Å². The predicted molar refractivity (Wildman–Crippen MR) is 70.2 cm³/mol.